The van der Waals surface area contributed by atoms with Gasteiger partial charge in [0.2, 0.25) is 5.95 Å². The molecule has 0 atom stereocenters. The van der Waals surface area contributed by atoms with Gasteiger partial charge < -0.3 is 19.4 Å². The molecule has 0 aliphatic carbocycles. The Bertz CT molecular complexity index is 1520. The molecule has 3 heterocycles. The number of aromatic nitrogens is 3. The van der Waals surface area contributed by atoms with Crippen molar-refractivity contribution in [1.82, 2.24) is 14.5 Å². The first-order valence-corrected chi connectivity index (χ1v) is 11.5. The average Bonchev–Trinajstić information content (AvgIpc) is 3.17. The van der Waals surface area contributed by atoms with E-state index in [1.54, 1.807) is 29.0 Å². The van der Waals surface area contributed by atoms with Crippen LogP contribution in [0.5, 0.6) is 11.5 Å². The van der Waals surface area contributed by atoms with Crippen LogP contribution in [0.2, 0.25) is 0 Å². The zero-order chi connectivity index (χ0) is 24.3. The van der Waals surface area contributed by atoms with E-state index in [-0.39, 0.29) is 16.5 Å². The zero-order valence-corrected chi connectivity index (χ0v) is 18.0. The summed E-state index contributed by atoms with van der Waals surface area (Å²) in [5.74, 6) is -1.02. The first kappa shape index (κ1) is 21.9. The molecule has 0 spiro atoms. The number of sulfone groups is 1. The van der Waals surface area contributed by atoms with Gasteiger partial charge in [-0.1, -0.05) is 0 Å². The van der Waals surface area contributed by atoms with Gasteiger partial charge in [0.25, 0.3) is 0 Å². The lowest BCUT2D eigenvalue weighted by molar-refractivity contribution is -0.391. The number of benzene rings is 2. The quantitative estimate of drug-likeness (QED) is 0.417. The molecule has 0 amide bonds. The van der Waals surface area contributed by atoms with Crippen LogP contribution < -0.4 is 14.8 Å². The summed E-state index contributed by atoms with van der Waals surface area (Å²) in [5.41, 5.74) is 1.32. The Morgan fingerprint density at radius 1 is 0.941 bits per heavy atom. The fourth-order valence-electron chi connectivity index (χ4n) is 3.31. The van der Waals surface area contributed by atoms with Crippen LogP contribution in [0.1, 0.15) is 0 Å². The summed E-state index contributed by atoms with van der Waals surface area (Å²) < 4.78 is 86.9. The van der Waals surface area contributed by atoms with Crippen LogP contribution in [0.4, 0.5) is 29.2 Å². The minimum atomic E-state index is -4.83. The highest BCUT2D eigenvalue weighted by Crippen LogP contribution is 2.47. The van der Waals surface area contributed by atoms with Gasteiger partial charge in [-0.3, -0.25) is 0 Å². The van der Waals surface area contributed by atoms with Crippen molar-refractivity contribution in [2.75, 3.05) is 11.6 Å². The number of alkyl halides is 4. The highest BCUT2D eigenvalue weighted by Gasteiger charge is 2.65. The van der Waals surface area contributed by atoms with Crippen LogP contribution in [0.25, 0.3) is 16.7 Å². The second kappa shape index (κ2) is 7.32. The Labute approximate surface area is 189 Å². The Morgan fingerprint density at radius 3 is 2.29 bits per heavy atom. The molecule has 1 aliphatic heterocycles. The van der Waals surface area contributed by atoms with E-state index in [4.69, 9.17) is 0 Å². The number of nitrogens with zero attached hydrogens (tertiary/aromatic N) is 3. The largest absolute Gasteiger partial charge is 0.507 e. The standard InChI is InChI=1S/C21H14F4N4O4S/c1-34(30,31)15-5-3-14(4-6-15)29-9-8-12-11-26-19(28-18(12)29)27-13-2-7-16-17(10-13)33-21(24,25)20(22,23)32-16/h2-11H,1H3,(H,26,27,28). The van der Waals surface area contributed by atoms with Gasteiger partial charge in [0, 0.05) is 41.5 Å². The number of hydrogen-bond acceptors (Lipinski definition) is 7. The molecule has 0 unspecified atom stereocenters. The number of nitrogens with one attached hydrogen (secondary N) is 1. The van der Waals surface area contributed by atoms with E-state index in [9.17, 15) is 26.0 Å². The van der Waals surface area contributed by atoms with E-state index in [1.807, 2.05) is 0 Å². The monoisotopic (exact) mass is 494 g/mol. The zero-order valence-electron chi connectivity index (χ0n) is 17.2. The summed E-state index contributed by atoms with van der Waals surface area (Å²) in [7, 11) is -3.35. The number of ether oxygens (including phenoxy) is 2. The number of halogens is 4. The molecule has 0 bridgehead atoms. The maximum Gasteiger partial charge on any atom is 0.507 e. The molecular formula is C21H14F4N4O4S. The molecular weight excluding hydrogens is 480 g/mol. The molecule has 0 saturated heterocycles. The minimum absolute atomic E-state index is 0.0916. The van der Waals surface area contributed by atoms with Gasteiger partial charge in [-0.2, -0.15) is 22.5 Å². The van der Waals surface area contributed by atoms with E-state index < -0.39 is 33.6 Å². The van der Waals surface area contributed by atoms with Crippen molar-refractivity contribution in [3.63, 3.8) is 0 Å². The highest BCUT2D eigenvalue weighted by atomic mass is 32.2. The maximum atomic E-state index is 13.5. The van der Waals surface area contributed by atoms with Crippen molar-refractivity contribution >= 4 is 32.5 Å². The van der Waals surface area contributed by atoms with E-state index >= 15 is 0 Å². The Kier molecular flexibility index (Phi) is 4.72. The van der Waals surface area contributed by atoms with Crippen molar-refractivity contribution < 1.29 is 35.5 Å². The van der Waals surface area contributed by atoms with Crippen LogP contribution in [-0.2, 0) is 9.84 Å². The van der Waals surface area contributed by atoms with Crippen LogP contribution in [-0.4, -0.2) is 41.4 Å². The van der Waals surface area contributed by atoms with Crippen LogP contribution in [0, 0.1) is 0 Å². The van der Waals surface area contributed by atoms with Crippen molar-refractivity contribution in [3.05, 3.63) is 60.9 Å². The second-order valence-corrected chi connectivity index (χ2v) is 9.46. The van der Waals surface area contributed by atoms with Gasteiger partial charge in [0.05, 0.1) is 4.90 Å². The molecule has 1 N–H and O–H groups in total. The molecule has 0 radical (unpaired) electrons. The molecule has 0 saturated carbocycles. The van der Waals surface area contributed by atoms with Gasteiger partial charge in [-0.15, -0.1) is 0 Å². The summed E-state index contributed by atoms with van der Waals surface area (Å²) in [6.45, 7) is 0. The van der Waals surface area contributed by atoms with Crippen LogP contribution in [0.3, 0.4) is 0 Å². The minimum Gasteiger partial charge on any atom is -0.421 e. The molecule has 1 aliphatic rings. The summed E-state index contributed by atoms with van der Waals surface area (Å²) in [5, 5.41) is 3.49. The first-order valence-electron chi connectivity index (χ1n) is 9.62. The predicted molar refractivity (Wildman–Crippen MR) is 113 cm³/mol. The first-order chi connectivity index (χ1) is 15.9. The van der Waals surface area contributed by atoms with Crippen molar-refractivity contribution in [1.29, 1.82) is 0 Å². The lowest BCUT2D eigenvalue weighted by atomic mass is 10.2. The summed E-state index contributed by atoms with van der Waals surface area (Å²) >= 11 is 0. The summed E-state index contributed by atoms with van der Waals surface area (Å²) in [4.78, 5) is 8.76. The average molecular weight is 494 g/mol. The Hall–Kier alpha value is -3.87. The topological polar surface area (TPSA) is 95.3 Å². The fraction of sp³-hybridized carbons (Fsp3) is 0.143. The third kappa shape index (κ3) is 3.77. The lowest BCUT2D eigenvalue weighted by Crippen LogP contribution is -2.52. The normalized spacial score (nSPS) is 16.4. The number of hydrogen-bond donors (Lipinski definition) is 1. The molecule has 176 valence electrons. The third-order valence-electron chi connectivity index (χ3n) is 4.99. The van der Waals surface area contributed by atoms with Crippen LogP contribution in [0.15, 0.2) is 65.8 Å². The van der Waals surface area contributed by atoms with Crippen molar-refractivity contribution in [3.8, 4) is 17.2 Å². The predicted octanol–water partition coefficient (Wildman–Crippen LogP) is 4.52. The second-order valence-electron chi connectivity index (χ2n) is 7.45. The smallest absolute Gasteiger partial charge is 0.421 e. The number of fused-ring (bicyclic) bond motifs is 2. The molecule has 8 nitrogen and oxygen atoms in total. The van der Waals surface area contributed by atoms with Crippen molar-refractivity contribution in [2.45, 2.75) is 17.1 Å². The molecule has 34 heavy (non-hydrogen) atoms. The summed E-state index contributed by atoms with van der Waals surface area (Å²) in [6.07, 6.45) is -5.26. The third-order valence-corrected chi connectivity index (χ3v) is 6.11. The molecule has 13 heteroatoms. The van der Waals surface area contributed by atoms with Crippen molar-refractivity contribution in [2.24, 2.45) is 0 Å². The van der Waals surface area contributed by atoms with Gasteiger partial charge in [-0.05, 0) is 42.5 Å². The van der Waals surface area contributed by atoms with Gasteiger partial charge >= 0.3 is 12.2 Å². The number of rotatable bonds is 4. The lowest BCUT2D eigenvalue weighted by Gasteiger charge is -2.31. The molecule has 4 aromatic rings. The Balaban J connectivity index is 1.45. The van der Waals surface area contributed by atoms with E-state index in [2.05, 4.69) is 24.8 Å². The number of anilines is 2. The van der Waals surface area contributed by atoms with E-state index in [0.29, 0.717) is 16.7 Å². The van der Waals surface area contributed by atoms with Crippen LogP contribution >= 0.6 is 0 Å². The van der Waals surface area contributed by atoms with Gasteiger partial charge in [0.15, 0.2) is 21.3 Å². The summed E-state index contributed by atoms with van der Waals surface area (Å²) in [6, 6.07) is 11.4. The van der Waals surface area contributed by atoms with E-state index in [1.165, 1.54) is 24.4 Å². The fourth-order valence-corrected chi connectivity index (χ4v) is 3.95. The van der Waals surface area contributed by atoms with Gasteiger partial charge in [-0.25, -0.2) is 13.4 Å². The molecule has 5 rings (SSSR count). The SMILES string of the molecule is CS(=O)(=O)c1ccc(-n2ccc3cnc(Nc4ccc5c(c4)OC(F)(F)C(F)(F)O5)nc32)cc1. The highest BCUT2D eigenvalue weighted by molar-refractivity contribution is 7.90. The maximum absolute atomic E-state index is 13.5. The van der Waals surface area contributed by atoms with Gasteiger partial charge in [0.1, 0.15) is 5.65 Å². The molecule has 0 fully saturated rings. The molecule has 2 aromatic carbocycles. The Morgan fingerprint density at radius 2 is 1.62 bits per heavy atom. The molecule has 2 aromatic heterocycles. The van der Waals surface area contributed by atoms with E-state index in [0.717, 1.165) is 18.4 Å².